The molecule has 0 amide bonds. The van der Waals surface area contributed by atoms with Crippen molar-refractivity contribution in [3.05, 3.63) is 102 Å². The SMILES string of the molecule is C1=CC(c2ccccc2)N(c2ccccc2)c2ccccc21.N. The molecule has 23 heavy (non-hydrogen) atoms. The van der Waals surface area contributed by atoms with Gasteiger partial charge in [0.2, 0.25) is 0 Å². The molecule has 0 saturated carbocycles. The first-order valence-corrected chi connectivity index (χ1v) is 7.60. The summed E-state index contributed by atoms with van der Waals surface area (Å²) in [5, 5.41) is 0. The fourth-order valence-electron chi connectivity index (χ4n) is 3.08. The van der Waals surface area contributed by atoms with Gasteiger partial charge >= 0.3 is 0 Å². The van der Waals surface area contributed by atoms with E-state index < -0.39 is 0 Å². The van der Waals surface area contributed by atoms with Crippen molar-refractivity contribution in [3.8, 4) is 0 Å². The van der Waals surface area contributed by atoms with E-state index in [-0.39, 0.29) is 12.2 Å². The van der Waals surface area contributed by atoms with Gasteiger partial charge in [-0.05, 0) is 29.3 Å². The Hall–Kier alpha value is -2.84. The lowest BCUT2D eigenvalue weighted by molar-refractivity contribution is 0.845. The molecule has 0 bridgehead atoms. The molecule has 1 heterocycles. The van der Waals surface area contributed by atoms with Gasteiger partial charge in [-0.25, -0.2) is 0 Å². The van der Waals surface area contributed by atoms with E-state index in [4.69, 9.17) is 0 Å². The van der Waals surface area contributed by atoms with E-state index in [1.54, 1.807) is 0 Å². The highest BCUT2D eigenvalue weighted by Gasteiger charge is 2.24. The number of hydrogen-bond acceptors (Lipinski definition) is 2. The molecule has 2 heteroatoms. The number of benzene rings is 3. The van der Waals surface area contributed by atoms with Crippen LogP contribution in [0.1, 0.15) is 17.2 Å². The summed E-state index contributed by atoms with van der Waals surface area (Å²) in [5.41, 5.74) is 5.04. The van der Waals surface area contributed by atoms with Crippen LogP contribution in [0.4, 0.5) is 11.4 Å². The Morgan fingerprint density at radius 3 is 2.00 bits per heavy atom. The molecule has 3 aromatic carbocycles. The quantitative estimate of drug-likeness (QED) is 0.654. The summed E-state index contributed by atoms with van der Waals surface area (Å²) in [6.45, 7) is 0. The fourth-order valence-corrected chi connectivity index (χ4v) is 3.08. The summed E-state index contributed by atoms with van der Waals surface area (Å²) in [6.07, 6.45) is 4.51. The Labute approximate surface area is 137 Å². The van der Waals surface area contributed by atoms with Crippen molar-refractivity contribution in [1.82, 2.24) is 6.15 Å². The largest absolute Gasteiger partial charge is 0.344 e. The molecule has 0 fully saturated rings. The Bertz CT molecular complexity index is 794. The number of hydrogen-bond donors (Lipinski definition) is 1. The van der Waals surface area contributed by atoms with E-state index in [2.05, 4.69) is 102 Å². The first kappa shape index (κ1) is 15.1. The fraction of sp³-hybridized carbons (Fsp3) is 0.0476. The highest BCUT2D eigenvalue weighted by Crippen LogP contribution is 2.41. The molecule has 2 nitrogen and oxygen atoms in total. The zero-order chi connectivity index (χ0) is 14.8. The first-order chi connectivity index (χ1) is 10.9. The molecule has 0 radical (unpaired) electrons. The highest BCUT2D eigenvalue weighted by molar-refractivity contribution is 5.79. The monoisotopic (exact) mass is 300 g/mol. The average molecular weight is 300 g/mol. The summed E-state index contributed by atoms with van der Waals surface area (Å²) >= 11 is 0. The van der Waals surface area contributed by atoms with Crippen LogP contribution in [0.2, 0.25) is 0 Å². The van der Waals surface area contributed by atoms with Crippen LogP contribution in [0.5, 0.6) is 0 Å². The second-order valence-electron chi connectivity index (χ2n) is 5.48. The molecule has 1 atom stereocenters. The minimum atomic E-state index is 0. The summed E-state index contributed by atoms with van der Waals surface area (Å²) in [4.78, 5) is 2.41. The molecule has 0 aliphatic carbocycles. The Kier molecular flexibility index (Phi) is 4.26. The van der Waals surface area contributed by atoms with E-state index in [1.165, 1.54) is 22.5 Å². The van der Waals surface area contributed by atoms with E-state index in [0.29, 0.717) is 0 Å². The minimum absolute atomic E-state index is 0. The lowest BCUT2D eigenvalue weighted by Gasteiger charge is -2.36. The van der Waals surface area contributed by atoms with Crippen molar-refractivity contribution in [2.75, 3.05) is 4.90 Å². The highest BCUT2D eigenvalue weighted by atomic mass is 15.2. The standard InChI is InChI=1S/C21H17N.H3N/c1-3-9-17(10-4-1)21-16-15-18-11-7-8-14-20(18)22(21)19-12-5-2-6-13-19;/h1-16,21H;1H3. The van der Waals surface area contributed by atoms with Gasteiger partial charge in [-0.15, -0.1) is 0 Å². The van der Waals surface area contributed by atoms with Crippen LogP contribution in [0, 0.1) is 0 Å². The van der Waals surface area contributed by atoms with Crippen molar-refractivity contribution in [2.45, 2.75) is 6.04 Å². The van der Waals surface area contributed by atoms with E-state index in [0.717, 1.165) is 0 Å². The third-order valence-electron chi connectivity index (χ3n) is 4.11. The molecule has 0 aromatic heterocycles. The minimum Gasteiger partial charge on any atom is -0.344 e. The van der Waals surface area contributed by atoms with Crippen LogP contribution in [0.15, 0.2) is 91.0 Å². The molecule has 1 unspecified atom stereocenters. The topological polar surface area (TPSA) is 38.2 Å². The van der Waals surface area contributed by atoms with Gasteiger partial charge in [-0.2, -0.15) is 0 Å². The second kappa shape index (κ2) is 6.51. The van der Waals surface area contributed by atoms with Crippen molar-refractivity contribution < 1.29 is 0 Å². The van der Waals surface area contributed by atoms with Gasteiger partial charge in [0.05, 0.1) is 6.04 Å². The van der Waals surface area contributed by atoms with Crippen molar-refractivity contribution in [2.24, 2.45) is 0 Å². The third-order valence-corrected chi connectivity index (χ3v) is 4.11. The predicted octanol–water partition coefficient (Wildman–Crippen LogP) is 5.75. The number of para-hydroxylation sites is 2. The van der Waals surface area contributed by atoms with Gasteiger partial charge in [0.1, 0.15) is 0 Å². The van der Waals surface area contributed by atoms with E-state index in [9.17, 15) is 0 Å². The molecule has 114 valence electrons. The molecule has 3 aromatic rings. The molecule has 4 rings (SSSR count). The van der Waals surface area contributed by atoms with Crippen LogP contribution < -0.4 is 11.1 Å². The second-order valence-corrected chi connectivity index (χ2v) is 5.48. The van der Waals surface area contributed by atoms with Crippen LogP contribution in [0.3, 0.4) is 0 Å². The van der Waals surface area contributed by atoms with E-state index >= 15 is 0 Å². The number of nitrogens with zero attached hydrogens (tertiary/aromatic N) is 1. The molecule has 0 spiro atoms. The maximum absolute atomic E-state index is 2.41. The molecular weight excluding hydrogens is 280 g/mol. The Morgan fingerprint density at radius 1 is 0.652 bits per heavy atom. The molecule has 3 N–H and O–H groups in total. The van der Waals surface area contributed by atoms with Crippen molar-refractivity contribution in [3.63, 3.8) is 0 Å². The maximum atomic E-state index is 2.41. The van der Waals surface area contributed by atoms with Gasteiger partial charge in [0.25, 0.3) is 0 Å². The van der Waals surface area contributed by atoms with Gasteiger partial charge < -0.3 is 11.1 Å². The molecule has 1 aliphatic heterocycles. The lowest BCUT2D eigenvalue weighted by Crippen LogP contribution is -2.25. The zero-order valence-corrected chi connectivity index (χ0v) is 13.0. The zero-order valence-electron chi connectivity index (χ0n) is 13.0. The van der Waals surface area contributed by atoms with Gasteiger partial charge in [0, 0.05) is 11.4 Å². The smallest absolute Gasteiger partial charge is 0.0779 e. The van der Waals surface area contributed by atoms with Crippen LogP contribution in [-0.4, -0.2) is 0 Å². The van der Waals surface area contributed by atoms with Crippen molar-refractivity contribution >= 4 is 17.5 Å². The van der Waals surface area contributed by atoms with Gasteiger partial charge in [0.15, 0.2) is 0 Å². The number of anilines is 2. The normalized spacial score (nSPS) is 15.7. The summed E-state index contributed by atoms with van der Waals surface area (Å²) in [7, 11) is 0. The van der Waals surface area contributed by atoms with Gasteiger partial charge in [-0.1, -0.05) is 78.9 Å². The molecule has 0 saturated heterocycles. The molecular formula is C21H20N2. The summed E-state index contributed by atoms with van der Waals surface area (Å²) < 4.78 is 0. The van der Waals surface area contributed by atoms with Crippen LogP contribution in [0.25, 0.3) is 6.08 Å². The summed E-state index contributed by atoms with van der Waals surface area (Å²) in [5.74, 6) is 0. The summed E-state index contributed by atoms with van der Waals surface area (Å²) in [6, 6.07) is 30.0. The van der Waals surface area contributed by atoms with Crippen LogP contribution >= 0.6 is 0 Å². The maximum Gasteiger partial charge on any atom is 0.0779 e. The number of fused-ring (bicyclic) bond motifs is 1. The number of rotatable bonds is 2. The van der Waals surface area contributed by atoms with E-state index in [1.807, 2.05) is 0 Å². The lowest BCUT2D eigenvalue weighted by atomic mass is 9.96. The van der Waals surface area contributed by atoms with Crippen LogP contribution in [-0.2, 0) is 0 Å². The third kappa shape index (κ3) is 2.77. The predicted molar refractivity (Wildman–Crippen MR) is 98.3 cm³/mol. The Balaban J connectivity index is 0.00000156. The molecule has 1 aliphatic rings. The first-order valence-electron chi connectivity index (χ1n) is 7.60. The Morgan fingerprint density at radius 2 is 1.26 bits per heavy atom. The van der Waals surface area contributed by atoms with Gasteiger partial charge in [-0.3, -0.25) is 0 Å². The average Bonchev–Trinajstić information content (AvgIpc) is 2.62. The van der Waals surface area contributed by atoms with Crippen molar-refractivity contribution in [1.29, 1.82) is 0 Å².